The minimum atomic E-state index is 0.125. The van der Waals surface area contributed by atoms with Gasteiger partial charge in [0.15, 0.2) is 0 Å². The zero-order valence-corrected chi connectivity index (χ0v) is 12.0. The van der Waals surface area contributed by atoms with Crippen LogP contribution in [0.4, 0.5) is 0 Å². The molecule has 0 aliphatic carbocycles. The number of nitrogens with two attached hydrogens (primary N) is 1. The topological polar surface area (TPSA) is 49.6 Å². The lowest BCUT2D eigenvalue weighted by molar-refractivity contribution is 0.0781. The van der Waals surface area contributed by atoms with E-state index in [1.807, 2.05) is 29.2 Å². The average Bonchev–Trinajstić information content (AvgIpc) is 2.80. The van der Waals surface area contributed by atoms with Gasteiger partial charge in [0.1, 0.15) is 0 Å². The molecular weight excluding hydrogens is 238 g/mol. The van der Waals surface area contributed by atoms with E-state index in [2.05, 4.69) is 25.9 Å². The van der Waals surface area contributed by atoms with Crippen molar-refractivity contribution in [2.75, 3.05) is 27.2 Å². The van der Waals surface area contributed by atoms with Gasteiger partial charge in [-0.3, -0.25) is 4.79 Å². The maximum Gasteiger partial charge on any atom is 0.253 e. The Balaban J connectivity index is 2.08. The molecule has 2 unspecified atom stereocenters. The van der Waals surface area contributed by atoms with Crippen molar-refractivity contribution in [1.29, 1.82) is 0 Å². The molecule has 1 heterocycles. The van der Waals surface area contributed by atoms with E-state index >= 15 is 0 Å². The van der Waals surface area contributed by atoms with Crippen LogP contribution in [0.1, 0.15) is 22.8 Å². The number of hydrogen-bond acceptors (Lipinski definition) is 3. The number of rotatable bonds is 3. The fraction of sp³-hybridized carbons (Fsp3) is 0.533. The number of carbonyl (C=O) groups excluding carboxylic acids is 1. The molecule has 2 N–H and O–H groups in total. The third-order valence-corrected chi connectivity index (χ3v) is 3.96. The molecule has 0 bridgehead atoms. The molecule has 19 heavy (non-hydrogen) atoms. The van der Waals surface area contributed by atoms with Gasteiger partial charge in [0.25, 0.3) is 5.91 Å². The van der Waals surface area contributed by atoms with Crippen LogP contribution in [-0.2, 0) is 6.54 Å². The van der Waals surface area contributed by atoms with Crippen LogP contribution >= 0.6 is 0 Å². The van der Waals surface area contributed by atoms with Crippen LogP contribution in [0.3, 0.4) is 0 Å². The highest BCUT2D eigenvalue weighted by molar-refractivity contribution is 5.94. The van der Waals surface area contributed by atoms with Crippen molar-refractivity contribution in [2.45, 2.75) is 19.5 Å². The summed E-state index contributed by atoms with van der Waals surface area (Å²) in [6.45, 7) is 4.36. The van der Waals surface area contributed by atoms with E-state index in [0.29, 0.717) is 18.5 Å². The molecule has 0 spiro atoms. The van der Waals surface area contributed by atoms with E-state index < -0.39 is 0 Å². The Hall–Kier alpha value is -1.39. The van der Waals surface area contributed by atoms with E-state index in [0.717, 1.165) is 24.2 Å². The summed E-state index contributed by atoms with van der Waals surface area (Å²) in [7, 11) is 4.15. The van der Waals surface area contributed by atoms with E-state index in [1.54, 1.807) is 0 Å². The molecule has 1 aliphatic heterocycles. The Labute approximate surface area is 115 Å². The van der Waals surface area contributed by atoms with Gasteiger partial charge in [0.2, 0.25) is 0 Å². The zero-order valence-electron chi connectivity index (χ0n) is 12.0. The summed E-state index contributed by atoms with van der Waals surface area (Å²) in [6.07, 6.45) is 0. The maximum atomic E-state index is 12.4. The highest BCUT2D eigenvalue weighted by atomic mass is 16.2. The Morgan fingerprint density at radius 2 is 1.95 bits per heavy atom. The van der Waals surface area contributed by atoms with Crippen molar-refractivity contribution >= 4 is 5.91 Å². The lowest BCUT2D eigenvalue weighted by Gasteiger charge is -2.22. The normalized spacial score (nSPS) is 23.1. The van der Waals surface area contributed by atoms with Gasteiger partial charge in [-0.05, 0) is 37.7 Å². The largest absolute Gasteiger partial charge is 0.337 e. The number of nitrogens with zero attached hydrogens (tertiary/aromatic N) is 2. The Morgan fingerprint density at radius 1 is 1.32 bits per heavy atom. The lowest BCUT2D eigenvalue weighted by Crippen LogP contribution is -2.35. The maximum absolute atomic E-state index is 12.4. The minimum absolute atomic E-state index is 0.125. The summed E-state index contributed by atoms with van der Waals surface area (Å²) < 4.78 is 0. The molecular formula is C15H23N3O. The minimum Gasteiger partial charge on any atom is -0.337 e. The quantitative estimate of drug-likeness (QED) is 0.888. The molecule has 1 aromatic carbocycles. The Morgan fingerprint density at radius 3 is 2.42 bits per heavy atom. The predicted molar refractivity (Wildman–Crippen MR) is 76.9 cm³/mol. The van der Waals surface area contributed by atoms with Crippen molar-refractivity contribution < 1.29 is 4.79 Å². The molecule has 0 radical (unpaired) electrons. The van der Waals surface area contributed by atoms with Crippen molar-refractivity contribution in [2.24, 2.45) is 11.7 Å². The smallest absolute Gasteiger partial charge is 0.253 e. The Bertz CT molecular complexity index is 441. The van der Waals surface area contributed by atoms with Crippen molar-refractivity contribution in [3.8, 4) is 0 Å². The van der Waals surface area contributed by atoms with Crippen LogP contribution in [0.15, 0.2) is 24.3 Å². The van der Waals surface area contributed by atoms with Gasteiger partial charge in [0.05, 0.1) is 0 Å². The number of hydrogen-bond donors (Lipinski definition) is 1. The first-order valence-electron chi connectivity index (χ1n) is 6.77. The summed E-state index contributed by atoms with van der Waals surface area (Å²) >= 11 is 0. The van der Waals surface area contributed by atoms with Crippen LogP contribution in [-0.4, -0.2) is 48.9 Å². The Kier molecular flexibility index (Phi) is 4.22. The van der Waals surface area contributed by atoms with Crippen molar-refractivity contribution in [3.05, 3.63) is 35.4 Å². The molecule has 1 amide bonds. The van der Waals surface area contributed by atoms with Gasteiger partial charge in [-0.15, -0.1) is 0 Å². The summed E-state index contributed by atoms with van der Waals surface area (Å²) in [6, 6.07) is 8.05. The molecule has 2 rings (SSSR count). The first-order chi connectivity index (χ1) is 9.02. The first kappa shape index (κ1) is 14.0. The number of likely N-dealkylation sites (N-methyl/N-ethyl adjacent to an activating group) is 1. The van der Waals surface area contributed by atoms with Gasteiger partial charge < -0.3 is 15.5 Å². The van der Waals surface area contributed by atoms with E-state index in [4.69, 9.17) is 5.73 Å². The second-order valence-corrected chi connectivity index (χ2v) is 5.62. The zero-order chi connectivity index (χ0) is 14.0. The second-order valence-electron chi connectivity index (χ2n) is 5.62. The van der Waals surface area contributed by atoms with Gasteiger partial charge in [0, 0.05) is 31.2 Å². The van der Waals surface area contributed by atoms with E-state index in [1.165, 1.54) is 0 Å². The molecule has 1 aliphatic rings. The monoisotopic (exact) mass is 261 g/mol. The SMILES string of the molecule is CC1CN(C(=O)c2ccc(CN)cc2)CC1N(C)C. The molecule has 4 heteroatoms. The van der Waals surface area contributed by atoms with E-state index in [-0.39, 0.29) is 5.91 Å². The van der Waals surface area contributed by atoms with E-state index in [9.17, 15) is 4.79 Å². The summed E-state index contributed by atoms with van der Waals surface area (Å²) in [5.41, 5.74) is 7.37. The fourth-order valence-electron chi connectivity index (χ4n) is 2.75. The number of carbonyl (C=O) groups is 1. The van der Waals surface area contributed by atoms with Crippen LogP contribution < -0.4 is 5.73 Å². The molecule has 1 saturated heterocycles. The van der Waals surface area contributed by atoms with Crippen LogP contribution in [0, 0.1) is 5.92 Å². The summed E-state index contributed by atoms with van der Waals surface area (Å²) in [5.74, 6) is 0.641. The number of likely N-dealkylation sites (tertiary alicyclic amines) is 1. The van der Waals surface area contributed by atoms with Gasteiger partial charge in [-0.2, -0.15) is 0 Å². The lowest BCUT2D eigenvalue weighted by atomic mass is 10.1. The summed E-state index contributed by atoms with van der Waals surface area (Å²) in [5, 5.41) is 0. The standard InChI is InChI=1S/C15H23N3O/c1-11-9-18(10-14(11)17(2)3)15(19)13-6-4-12(8-16)5-7-13/h4-7,11,14H,8-10,16H2,1-3H3. The highest BCUT2D eigenvalue weighted by Crippen LogP contribution is 2.22. The molecule has 2 atom stereocenters. The van der Waals surface area contributed by atoms with Gasteiger partial charge >= 0.3 is 0 Å². The molecule has 0 aromatic heterocycles. The molecule has 4 nitrogen and oxygen atoms in total. The van der Waals surface area contributed by atoms with Crippen LogP contribution in [0.5, 0.6) is 0 Å². The van der Waals surface area contributed by atoms with Crippen LogP contribution in [0.25, 0.3) is 0 Å². The molecule has 1 fully saturated rings. The van der Waals surface area contributed by atoms with Crippen LogP contribution in [0.2, 0.25) is 0 Å². The predicted octanol–water partition coefficient (Wildman–Crippen LogP) is 1.17. The average molecular weight is 261 g/mol. The second kappa shape index (κ2) is 5.72. The fourth-order valence-corrected chi connectivity index (χ4v) is 2.75. The summed E-state index contributed by atoms with van der Waals surface area (Å²) in [4.78, 5) is 16.6. The molecule has 104 valence electrons. The van der Waals surface area contributed by atoms with Gasteiger partial charge in [-0.1, -0.05) is 19.1 Å². The number of amides is 1. The third kappa shape index (κ3) is 2.96. The molecule has 0 saturated carbocycles. The van der Waals surface area contributed by atoms with Crippen molar-refractivity contribution in [3.63, 3.8) is 0 Å². The molecule has 1 aromatic rings. The van der Waals surface area contributed by atoms with Gasteiger partial charge in [-0.25, -0.2) is 0 Å². The third-order valence-electron chi connectivity index (χ3n) is 3.96. The number of benzene rings is 1. The highest BCUT2D eigenvalue weighted by Gasteiger charge is 2.33. The first-order valence-corrected chi connectivity index (χ1v) is 6.77. The van der Waals surface area contributed by atoms with Crippen molar-refractivity contribution in [1.82, 2.24) is 9.80 Å².